The molecule has 0 unspecified atom stereocenters. The van der Waals surface area contributed by atoms with E-state index >= 15 is 0 Å². The zero-order valence-corrected chi connectivity index (χ0v) is 14.1. The Balaban J connectivity index is 1.52. The maximum atomic E-state index is 12.8. The van der Waals surface area contributed by atoms with Crippen LogP contribution in [0.4, 0.5) is 0 Å². The summed E-state index contributed by atoms with van der Waals surface area (Å²) in [4.78, 5) is 19.1. The van der Waals surface area contributed by atoms with Gasteiger partial charge in [0, 0.05) is 31.7 Å². The zero-order chi connectivity index (χ0) is 16.7. The minimum atomic E-state index is -0.0947. The van der Waals surface area contributed by atoms with Crippen molar-refractivity contribution in [3.05, 3.63) is 35.2 Å². The molecule has 7 heteroatoms. The summed E-state index contributed by atoms with van der Waals surface area (Å²) in [6.45, 7) is 6.57. The molecule has 1 saturated carbocycles. The lowest BCUT2D eigenvalue weighted by molar-refractivity contribution is 0.0619. The van der Waals surface area contributed by atoms with Gasteiger partial charge in [-0.2, -0.15) is 0 Å². The average molecular weight is 330 g/mol. The van der Waals surface area contributed by atoms with E-state index in [0.29, 0.717) is 31.4 Å². The number of fused-ring (bicyclic) bond motifs is 1. The SMILES string of the molecule is CCOCc1cnc2n1CCN(C(=O)c1cc(C3CC3)on1)[C@@H]2C. The van der Waals surface area contributed by atoms with E-state index < -0.39 is 0 Å². The quantitative estimate of drug-likeness (QED) is 0.842. The number of hydrogen-bond acceptors (Lipinski definition) is 5. The normalized spacial score (nSPS) is 20.2. The summed E-state index contributed by atoms with van der Waals surface area (Å²) >= 11 is 0. The molecule has 2 aliphatic rings. The summed E-state index contributed by atoms with van der Waals surface area (Å²) in [5.41, 5.74) is 1.46. The van der Waals surface area contributed by atoms with Crippen molar-refractivity contribution in [2.45, 2.75) is 51.8 Å². The first-order valence-electron chi connectivity index (χ1n) is 8.58. The monoisotopic (exact) mass is 330 g/mol. The summed E-state index contributed by atoms with van der Waals surface area (Å²) < 4.78 is 13.0. The Morgan fingerprint density at radius 1 is 1.42 bits per heavy atom. The van der Waals surface area contributed by atoms with Crippen molar-refractivity contribution < 1.29 is 14.1 Å². The summed E-state index contributed by atoms with van der Waals surface area (Å²) in [5.74, 6) is 2.11. The highest BCUT2D eigenvalue weighted by atomic mass is 16.5. The molecule has 0 aromatic carbocycles. The molecule has 128 valence electrons. The number of nitrogens with zero attached hydrogens (tertiary/aromatic N) is 4. The fraction of sp³-hybridized carbons (Fsp3) is 0.588. The Labute approximate surface area is 140 Å². The van der Waals surface area contributed by atoms with Crippen LogP contribution in [-0.2, 0) is 17.9 Å². The Bertz CT molecular complexity index is 747. The van der Waals surface area contributed by atoms with Gasteiger partial charge in [-0.25, -0.2) is 4.98 Å². The predicted octanol–water partition coefficient (Wildman–Crippen LogP) is 2.50. The van der Waals surface area contributed by atoms with Crippen LogP contribution >= 0.6 is 0 Å². The van der Waals surface area contributed by atoms with Gasteiger partial charge in [0.1, 0.15) is 11.6 Å². The Hall–Kier alpha value is -2.15. The van der Waals surface area contributed by atoms with Crippen LogP contribution in [0.1, 0.15) is 66.4 Å². The largest absolute Gasteiger partial charge is 0.375 e. The second kappa shape index (κ2) is 6.05. The van der Waals surface area contributed by atoms with E-state index in [-0.39, 0.29) is 11.9 Å². The fourth-order valence-corrected chi connectivity index (χ4v) is 3.26. The number of amides is 1. The van der Waals surface area contributed by atoms with Crippen LogP contribution in [-0.4, -0.2) is 38.7 Å². The maximum absolute atomic E-state index is 12.8. The third-order valence-corrected chi connectivity index (χ3v) is 4.82. The van der Waals surface area contributed by atoms with Gasteiger partial charge >= 0.3 is 0 Å². The van der Waals surface area contributed by atoms with Gasteiger partial charge in [-0.15, -0.1) is 0 Å². The van der Waals surface area contributed by atoms with E-state index in [1.807, 2.05) is 24.9 Å². The van der Waals surface area contributed by atoms with E-state index in [2.05, 4.69) is 14.7 Å². The van der Waals surface area contributed by atoms with E-state index in [1.165, 1.54) is 0 Å². The highest BCUT2D eigenvalue weighted by Gasteiger charge is 2.34. The van der Waals surface area contributed by atoms with Crippen LogP contribution in [0.15, 0.2) is 16.8 Å². The van der Waals surface area contributed by atoms with Crippen LogP contribution in [0.3, 0.4) is 0 Å². The van der Waals surface area contributed by atoms with Gasteiger partial charge in [0.2, 0.25) is 0 Å². The number of aromatic nitrogens is 3. The molecule has 2 aromatic heterocycles. The van der Waals surface area contributed by atoms with Crippen molar-refractivity contribution in [3.63, 3.8) is 0 Å². The van der Waals surface area contributed by atoms with Gasteiger partial charge < -0.3 is 18.7 Å². The molecule has 1 atom stereocenters. The molecule has 0 saturated heterocycles. The van der Waals surface area contributed by atoms with Crippen LogP contribution in [0.25, 0.3) is 0 Å². The molecule has 1 fully saturated rings. The Kier molecular flexibility index (Phi) is 3.88. The number of rotatable bonds is 5. The maximum Gasteiger partial charge on any atom is 0.276 e. The molecular weight excluding hydrogens is 308 g/mol. The van der Waals surface area contributed by atoms with Crippen LogP contribution in [0, 0.1) is 0 Å². The van der Waals surface area contributed by atoms with Crippen molar-refractivity contribution in [2.75, 3.05) is 13.2 Å². The lowest BCUT2D eigenvalue weighted by atomic mass is 10.1. The summed E-state index contributed by atoms with van der Waals surface area (Å²) in [6, 6.07) is 1.71. The molecule has 1 aliphatic heterocycles. The topological polar surface area (TPSA) is 73.4 Å². The van der Waals surface area contributed by atoms with Gasteiger partial charge in [0.15, 0.2) is 5.69 Å². The molecule has 1 aliphatic carbocycles. The molecule has 4 rings (SSSR count). The molecule has 0 bridgehead atoms. The van der Waals surface area contributed by atoms with Crippen molar-refractivity contribution in [3.8, 4) is 0 Å². The van der Waals surface area contributed by atoms with E-state index in [0.717, 1.165) is 36.7 Å². The molecule has 0 spiro atoms. The second-order valence-electron chi connectivity index (χ2n) is 6.46. The lowest BCUT2D eigenvalue weighted by Gasteiger charge is -2.33. The van der Waals surface area contributed by atoms with Crippen molar-refractivity contribution in [1.29, 1.82) is 0 Å². The van der Waals surface area contributed by atoms with Crippen LogP contribution in [0.5, 0.6) is 0 Å². The number of ether oxygens (including phenoxy) is 1. The molecule has 3 heterocycles. The van der Waals surface area contributed by atoms with Crippen molar-refractivity contribution in [2.24, 2.45) is 0 Å². The smallest absolute Gasteiger partial charge is 0.276 e. The van der Waals surface area contributed by atoms with Gasteiger partial charge in [-0.1, -0.05) is 5.16 Å². The number of imidazole rings is 1. The minimum Gasteiger partial charge on any atom is -0.375 e. The van der Waals surface area contributed by atoms with E-state index in [1.54, 1.807) is 6.07 Å². The van der Waals surface area contributed by atoms with E-state index in [9.17, 15) is 4.79 Å². The van der Waals surface area contributed by atoms with Gasteiger partial charge in [-0.3, -0.25) is 4.79 Å². The van der Waals surface area contributed by atoms with Crippen molar-refractivity contribution >= 4 is 5.91 Å². The Morgan fingerprint density at radius 2 is 2.25 bits per heavy atom. The first kappa shape index (κ1) is 15.4. The van der Waals surface area contributed by atoms with Crippen LogP contribution < -0.4 is 0 Å². The third kappa shape index (κ3) is 2.62. The molecule has 24 heavy (non-hydrogen) atoms. The summed E-state index contributed by atoms with van der Waals surface area (Å²) in [5, 5.41) is 3.98. The summed E-state index contributed by atoms with van der Waals surface area (Å²) in [7, 11) is 0. The first-order valence-corrected chi connectivity index (χ1v) is 8.58. The highest BCUT2D eigenvalue weighted by molar-refractivity contribution is 5.92. The highest BCUT2D eigenvalue weighted by Crippen LogP contribution is 2.40. The first-order chi connectivity index (χ1) is 11.7. The minimum absolute atomic E-state index is 0.0845. The van der Waals surface area contributed by atoms with Gasteiger partial charge in [-0.05, 0) is 26.7 Å². The number of carbonyl (C=O) groups is 1. The number of carbonyl (C=O) groups excluding carboxylic acids is 1. The van der Waals surface area contributed by atoms with Gasteiger partial charge in [0.25, 0.3) is 5.91 Å². The summed E-state index contributed by atoms with van der Waals surface area (Å²) in [6.07, 6.45) is 4.10. The second-order valence-corrected chi connectivity index (χ2v) is 6.46. The third-order valence-electron chi connectivity index (χ3n) is 4.82. The fourth-order valence-electron chi connectivity index (χ4n) is 3.26. The van der Waals surface area contributed by atoms with Crippen LogP contribution in [0.2, 0.25) is 0 Å². The van der Waals surface area contributed by atoms with Crippen molar-refractivity contribution in [1.82, 2.24) is 19.6 Å². The molecule has 7 nitrogen and oxygen atoms in total. The standard InChI is InChI=1S/C17H22N4O3/c1-3-23-10-13-9-18-16-11(2)20(6-7-21(13)16)17(22)14-8-15(24-19-14)12-4-5-12/h8-9,11-12H,3-7,10H2,1-2H3/t11-/m1/s1. The van der Waals surface area contributed by atoms with Gasteiger partial charge in [0.05, 0.1) is 24.5 Å². The van der Waals surface area contributed by atoms with E-state index in [4.69, 9.17) is 9.26 Å². The molecule has 0 radical (unpaired) electrons. The molecule has 1 amide bonds. The molecular formula is C17H22N4O3. The molecule has 0 N–H and O–H groups in total. The average Bonchev–Trinajstić information content (AvgIpc) is 3.17. The molecule has 2 aromatic rings. The lowest BCUT2D eigenvalue weighted by Crippen LogP contribution is -2.41. The predicted molar refractivity (Wildman–Crippen MR) is 85.5 cm³/mol. The number of hydrogen-bond donors (Lipinski definition) is 0. The Morgan fingerprint density at radius 3 is 3.00 bits per heavy atom. The zero-order valence-electron chi connectivity index (χ0n) is 14.1.